The molecule has 0 atom stereocenters. The number of fused-ring (bicyclic) bond motifs is 1. The van der Waals surface area contributed by atoms with E-state index in [1.807, 2.05) is 30.3 Å². The third-order valence-corrected chi connectivity index (χ3v) is 2.63. The van der Waals surface area contributed by atoms with Crippen LogP contribution in [0.25, 0.3) is 16.6 Å². The monoisotopic (exact) mass is 230 g/mol. The Morgan fingerprint density at radius 3 is 2.69 bits per heavy atom. The lowest BCUT2D eigenvalue weighted by molar-refractivity contribution is 0.905. The van der Waals surface area contributed by atoms with Crippen LogP contribution in [0.3, 0.4) is 0 Å². The van der Waals surface area contributed by atoms with E-state index in [0.717, 1.165) is 16.6 Å². The second-order valence-corrected chi connectivity index (χ2v) is 3.68. The highest BCUT2D eigenvalue weighted by Gasteiger charge is 2.08. The van der Waals surface area contributed by atoms with E-state index in [-0.39, 0.29) is 0 Å². The van der Waals surface area contributed by atoms with Gasteiger partial charge in [-0.1, -0.05) is 29.8 Å². The Balaban J connectivity index is 2.30. The van der Waals surface area contributed by atoms with Crippen molar-refractivity contribution in [3.63, 3.8) is 0 Å². The first-order valence-corrected chi connectivity index (χ1v) is 5.14. The van der Waals surface area contributed by atoms with Crippen molar-refractivity contribution in [2.75, 3.05) is 0 Å². The average molecular weight is 231 g/mol. The molecule has 1 aromatic carbocycles. The molecule has 0 unspecified atom stereocenters. The molecule has 0 fully saturated rings. The van der Waals surface area contributed by atoms with Gasteiger partial charge in [-0.3, -0.25) is 0 Å². The summed E-state index contributed by atoms with van der Waals surface area (Å²) in [6.45, 7) is 0. The summed E-state index contributed by atoms with van der Waals surface area (Å²) in [5, 5.41) is 13.1. The molecule has 2 aromatic heterocycles. The van der Waals surface area contributed by atoms with Crippen LogP contribution in [0.5, 0.6) is 0 Å². The summed E-state index contributed by atoms with van der Waals surface area (Å²) >= 11 is 5.93. The number of hydrogen-bond donors (Lipinski definition) is 0. The van der Waals surface area contributed by atoms with E-state index in [4.69, 9.17) is 11.6 Å². The van der Waals surface area contributed by atoms with Gasteiger partial charge in [-0.25, -0.2) is 4.68 Å². The SMILES string of the molecule is Clc1nncc2c1cnn2-c1ccccc1. The maximum Gasteiger partial charge on any atom is 0.162 e. The molecule has 16 heavy (non-hydrogen) atoms. The smallest absolute Gasteiger partial charge is 0.162 e. The minimum absolute atomic E-state index is 0.375. The van der Waals surface area contributed by atoms with Gasteiger partial charge < -0.3 is 0 Å². The molecule has 0 aliphatic rings. The molecule has 3 rings (SSSR count). The Labute approximate surface area is 96.5 Å². The van der Waals surface area contributed by atoms with Crippen molar-refractivity contribution in [2.24, 2.45) is 0 Å². The summed E-state index contributed by atoms with van der Waals surface area (Å²) in [4.78, 5) is 0. The third kappa shape index (κ3) is 1.35. The Morgan fingerprint density at radius 2 is 1.88 bits per heavy atom. The number of para-hydroxylation sites is 1. The van der Waals surface area contributed by atoms with Crippen molar-refractivity contribution in [2.45, 2.75) is 0 Å². The van der Waals surface area contributed by atoms with E-state index in [1.165, 1.54) is 0 Å². The third-order valence-electron chi connectivity index (χ3n) is 2.36. The number of benzene rings is 1. The molecule has 0 spiro atoms. The van der Waals surface area contributed by atoms with Crippen LogP contribution in [0.4, 0.5) is 0 Å². The van der Waals surface area contributed by atoms with Crippen molar-refractivity contribution < 1.29 is 0 Å². The van der Waals surface area contributed by atoms with E-state index in [2.05, 4.69) is 15.3 Å². The van der Waals surface area contributed by atoms with Crippen molar-refractivity contribution in [1.29, 1.82) is 0 Å². The van der Waals surface area contributed by atoms with Crippen LogP contribution in [-0.2, 0) is 0 Å². The highest BCUT2D eigenvalue weighted by atomic mass is 35.5. The average Bonchev–Trinajstić information content (AvgIpc) is 2.75. The number of rotatable bonds is 1. The number of halogens is 1. The normalized spacial score (nSPS) is 10.8. The molecule has 4 nitrogen and oxygen atoms in total. The molecule has 0 bridgehead atoms. The maximum absolute atomic E-state index is 5.93. The Bertz CT molecular complexity index is 633. The zero-order valence-electron chi connectivity index (χ0n) is 8.21. The molecule has 78 valence electrons. The summed E-state index contributed by atoms with van der Waals surface area (Å²) in [5.41, 5.74) is 1.83. The van der Waals surface area contributed by atoms with Gasteiger partial charge in [0.2, 0.25) is 0 Å². The van der Waals surface area contributed by atoms with E-state index < -0.39 is 0 Å². The molecule has 0 aliphatic heterocycles. The molecule has 0 N–H and O–H groups in total. The van der Waals surface area contributed by atoms with Gasteiger partial charge in [0.15, 0.2) is 5.15 Å². The van der Waals surface area contributed by atoms with Gasteiger partial charge in [-0.2, -0.15) is 10.2 Å². The highest BCUT2D eigenvalue weighted by molar-refractivity contribution is 6.33. The van der Waals surface area contributed by atoms with Crippen molar-refractivity contribution >= 4 is 22.5 Å². The van der Waals surface area contributed by atoms with Crippen molar-refractivity contribution in [3.8, 4) is 5.69 Å². The van der Waals surface area contributed by atoms with Crippen LogP contribution in [0, 0.1) is 0 Å². The second-order valence-electron chi connectivity index (χ2n) is 3.33. The lowest BCUT2D eigenvalue weighted by Crippen LogP contribution is -1.95. The molecule has 5 heteroatoms. The Hall–Kier alpha value is -1.94. The second kappa shape index (κ2) is 3.57. The van der Waals surface area contributed by atoms with Crippen LogP contribution in [-0.4, -0.2) is 20.0 Å². The number of hydrogen-bond acceptors (Lipinski definition) is 3. The minimum atomic E-state index is 0.375. The molecule has 0 saturated heterocycles. The van der Waals surface area contributed by atoms with E-state index in [0.29, 0.717) is 5.15 Å². The summed E-state index contributed by atoms with van der Waals surface area (Å²) < 4.78 is 1.79. The quantitative estimate of drug-likeness (QED) is 0.645. The van der Waals surface area contributed by atoms with Gasteiger partial charge in [0.05, 0.1) is 29.0 Å². The van der Waals surface area contributed by atoms with Crippen LogP contribution < -0.4 is 0 Å². The molecule has 0 saturated carbocycles. The zero-order chi connectivity index (χ0) is 11.0. The topological polar surface area (TPSA) is 43.6 Å². The fraction of sp³-hybridized carbons (Fsp3) is 0. The largest absolute Gasteiger partial charge is 0.231 e. The first-order valence-electron chi connectivity index (χ1n) is 4.76. The molecule has 0 radical (unpaired) electrons. The first-order chi connectivity index (χ1) is 7.86. The molecule has 0 aliphatic carbocycles. The Morgan fingerprint density at radius 1 is 1.06 bits per heavy atom. The van der Waals surface area contributed by atoms with Crippen LogP contribution in [0.1, 0.15) is 0 Å². The van der Waals surface area contributed by atoms with Crippen LogP contribution >= 0.6 is 11.6 Å². The van der Waals surface area contributed by atoms with Crippen LogP contribution in [0.15, 0.2) is 42.7 Å². The molecule has 3 aromatic rings. The predicted molar refractivity (Wildman–Crippen MR) is 61.7 cm³/mol. The fourth-order valence-corrected chi connectivity index (χ4v) is 1.79. The summed E-state index contributed by atoms with van der Waals surface area (Å²) in [6.07, 6.45) is 3.35. The first kappa shape index (κ1) is 9.30. The van der Waals surface area contributed by atoms with Crippen molar-refractivity contribution in [3.05, 3.63) is 47.9 Å². The van der Waals surface area contributed by atoms with E-state index >= 15 is 0 Å². The van der Waals surface area contributed by atoms with Gasteiger partial charge in [-0.05, 0) is 12.1 Å². The number of nitrogens with zero attached hydrogens (tertiary/aromatic N) is 4. The summed E-state index contributed by atoms with van der Waals surface area (Å²) in [5.74, 6) is 0. The molecule has 0 amide bonds. The lowest BCUT2D eigenvalue weighted by Gasteiger charge is -2.01. The summed E-state index contributed by atoms with van der Waals surface area (Å²) in [7, 11) is 0. The fourth-order valence-electron chi connectivity index (χ4n) is 1.60. The van der Waals surface area contributed by atoms with E-state index in [9.17, 15) is 0 Å². The highest BCUT2D eigenvalue weighted by Crippen LogP contribution is 2.21. The predicted octanol–water partition coefficient (Wildman–Crippen LogP) is 2.47. The standard InChI is InChI=1S/C11H7ClN4/c12-11-9-6-14-16(10(9)7-13-15-11)8-4-2-1-3-5-8/h1-7H. The van der Waals surface area contributed by atoms with Gasteiger partial charge in [0, 0.05) is 0 Å². The van der Waals surface area contributed by atoms with Gasteiger partial charge >= 0.3 is 0 Å². The maximum atomic E-state index is 5.93. The molecular weight excluding hydrogens is 224 g/mol. The summed E-state index contributed by atoms with van der Waals surface area (Å²) in [6, 6.07) is 9.82. The van der Waals surface area contributed by atoms with Crippen LogP contribution in [0.2, 0.25) is 5.15 Å². The Kier molecular flexibility index (Phi) is 2.08. The molecular formula is C11H7ClN4. The minimum Gasteiger partial charge on any atom is -0.231 e. The van der Waals surface area contributed by atoms with Gasteiger partial charge in [-0.15, -0.1) is 5.10 Å². The lowest BCUT2D eigenvalue weighted by atomic mass is 10.3. The van der Waals surface area contributed by atoms with Gasteiger partial charge in [0.1, 0.15) is 0 Å². The van der Waals surface area contributed by atoms with Gasteiger partial charge in [0.25, 0.3) is 0 Å². The van der Waals surface area contributed by atoms with Crippen molar-refractivity contribution in [1.82, 2.24) is 20.0 Å². The zero-order valence-corrected chi connectivity index (χ0v) is 8.96. The van der Waals surface area contributed by atoms with E-state index in [1.54, 1.807) is 17.1 Å². The number of aromatic nitrogens is 4. The molecule has 2 heterocycles.